The second-order valence-electron chi connectivity index (χ2n) is 5.64. The minimum atomic E-state index is 0.113. The topological polar surface area (TPSA) is 43.8 Å². The molecule has 0 radical (unpaired) electrons. The second-order valence-corrected chi connectivity index (χ2v) is 5.64. The van der Waals surface area contributed by atoms with Gasteiger partial charge in [0.25, 0.3) is 5.91 Å². The summed E-state index contributed by atoms with van der Waals surface area (Å²) in [5, 5.41) is 8.99. The SMILES string of the molecule is CCN(CC)c1ccc(C(=O)N2CCC(CCO)C2)cc1. The van der Waals surface area contributed by atoms with Gasteiger partial charge in [-0.3, -0.25) is 4.79 Å². The van der Waals surface area contributed by atoms with E-state index in [9.17, 15) is 4.79 Å². The largest absolute Gasteiger partial charge is 0.396 e. The maximum atomic E-state index is 12.5. The Morgan fingerprint density at radius 3 is 2.52 bits per heavy atom. The van der Waals surface area contributed by atoms with Crippen molar-refractivity contribution in [3.63, 3.8) is 0 Å². The maximum absolute atomic E-state index is 12.5. The van der Waals surface area contributed by atoms with Gasteiger partial charge in [-0.05, 0) is 56.9 Å². The maximum Gasteiger partial charge on any atom is 0.253 e. The van der Waals surface area contributed by atoms with Crippen molar-refractivity contribution in [3.8, 4) is 0 Å². The Labute approximate surface area is 127 Å². The molecule has 4 heteroatoms. The first kappa shape index (κ1) is 15.8. The Kier molecular flexibility index (Phi) is 5.62. The predicted molar refractivity (Wildman–Crippen MR) is 85.7 cm³/mol. The first-order valence-corrected chi connectivity index (χ1v) is 7.94. The van der Waals surface area contributed by atoms with Crippen LogP contribution >= 0.6 is 0 Å². The minimum absolute atomic E-state index is 0.113. The monoisotopic (exact) mass is 290 g/mol. The fourth-order valence-electron chi connectivity index (χ4n) is 3.02. The third-order valence-electron chi connectivity index (χ3n) is 4.35. The van der Waals surface area contributed by atoms with Crippen molar-refractivity contribution >= 4 is 11.6 Å². The van der Waals surface area contributed by atoms with Gasteiger partial charge in [0.2, 0.25) is 0 Å². The third kappa shape index (κ3) is 3.76. The van der Waals surface area contributed by atoms with Gasteiger partial charge < -0.3 is 14.9 Å². The van der Waals surface area contributed by atoms with Gasteiger partial charge in [-0.25, -0.2) is 0 Å². The molecule has 1 atom stereocenters. The van der Waals surface area contributed by atoms with Crippen LogP contribution in [0.5, 0.6) is 0 Å². The zero-order valence-electron chi connectivity index (χ0n) is 13.1. The van der Waals surface area contributed by atoms with Crippen molar-refractivity contribution in [3.05, 3.63) is 29.8 Å². The fourth-order valence-corrected chi connectivity index (χ4v) is 3.02. The normalized spacial score (nSPS) is 18.0. The van der Waals surface area contributed by atoms with Crippen molar-refractivity contribution in [2.75, 3.05) is 37.7 Å². The molecule has 0 saturated carbocycles. The number of aliphatic hydroxyl groups excluding tert-OH is 1. The van der Waals surface area contributed by atoms with E-state index in [1.54, 1.807) is 0 Å². The van der Waals surface area contributed by atoms with E-state index in [0.29, 0.717) is 5.92 Å². The van der Waals surface area contributed by atoms with Crippen LogP contribution in [0.1, 0.15) is 37.0 Å². The van der Waals surface area contributed by atoms with Gasteiger partial charge in [0.1, 0.15) is 0 Å². The summed E-state index contributed by atoms with van der Waals surface area (Å²) in [4.78, 5) is 16.6. The first-order valence-electron chi connectivity index (χ1n) is 7.94. The average molecular weight is 290 g/mol. The van der Waals surface area contributed by atoms with Crippen molar-refractivity contribution in [2.45, 2.75) is 26.7 Å². The molecule has 4 nitrogen and oxygen atoms in total. The standard InChI is InChI=1S/C17H26N2O2/c1-3-18(4-2)16-7-5-15(6-8-16)17(21)19-11-9-14(13-19)10-12-20/h5-8,14,20H,3-4,9-13H2,1-2H3. The average Bonchev–Trinajstić information content (AvgIpc) is 2.97. The number of carbonyl (C=O) groups excluding carboxylic acids is 1. The van der Waals surface area contributed by atoms with Crippen molar-refractivity contribution in [2.24, 2.45) is 5.92 Å². The van der Waals surface area contributed by atoms with E-state index in [0.717, 1.165) is 50.3 Å². The molecule has 21 heavy (non-hydrogen) atoms. The van der Waals surface area contributed by atoms with Crippen LogP contribution < -0.4 is 4.90 Å². The number of amides is 1. The van der Waals surface area contributed by atoms with Gasteiger partial charge in [0.05, 0.1) is 0 Å². The highest BCUT2D eigenvalue weighted by Gasteiger charge is 2.26. The van der Waals surface area contributed by atoms with E-state index in [-0.39, 0.29) is 12.5 Å². The smallest absolute Gasteiger partial charge is 0.253 e. The van der Waals surface area contributed by atoms with E-state index in [4.69, 9.17) is 5.11 Å². The molecule has 1 aliphatic heterocycles. The summed E-state index contributed by atoms with van der Waals surface area (Å²) >= 11 is 0. The van der Waals surface area contributed by atoms with Gasteiger partial charge in [0, 0.05) is 44.0 Å². The molecule has 1 heterocycles. The molecule has 2 rings (SSSR count). The number of hydrogen-bond acceptors (Lipinski definition) is 3. The summed E-state index contributed by atoms with van der Waals surface area (Å²) in [6, 6.07) is 7.91. The van der Waals surface area contributed by atoms with Gasteiger partial charge in [0.15, 0.2) is 0 Å². The van der Waals surface area contributed by atoms with Crippen LogP contribution in [0.25, 0.3) is 0 Å². The van der Waals surface area contributed by atoms with Crippen LogP contribution in [0, 0.1) is 5.92 Å². The summed E-state index contributed by atoms with van der Waals surface area (Å²) in [6.45, 7) is 8.00. The molecule has 116 valence electrons. The highest BCUT2D eigenvalue weighted by atomic mass is 16.3. The molecular weight excluding hydrogens is 264 g/mol. The van der Waals surface area contributed by atoms with Gasteiger partial charge in [-0.15, -0.1) is 0 Å². The lowest BCUT2D eigenvalue weighted by atomic mass is 10.1. The summed E-state index contributed by atoms with van der Waals surface area (Å²) in [6.07, 6.45) is 1.80. The van der Waals surface area contributed by atoms with Crippen LogP contribution in [0.3, 0.4) is 0 Å². The molecular formula is C17H26N2O2. The van der Waals surface area contributed by atoms with E-state index in [2.05, 4.69) is 18.7 Å². The van der Waals surface area contributed by atoms with Crippen LogP contribution in [-0.2, 0) is 0 Å². The Bertz CT molecular complexity index is 454. The summed E-state index contributed by atoms with van der Waals surface area (Å²) in [5.74, 6) is 0.565. The lowest BCUT2D eigenvalue weighted by molar-refractivity contribution is 0.0785. The predicted octanol–water partition coefficient (Wildman–Crippen LogP) is 2.38. The molecule has 1 saturated heterocycles. The minimum Gasteiger partial charge on any atom is -0.396 e. The lowest BCUT2D eigenvalue weighted by Gasteiger charge is -2.22. The van der Waals surface area contributed by atoms with Gasteiger partial charge in [-0.2, -0.15) is 0 Å². The molecule has 1 aliphatic rings. The van der Waals surface area contributed by atoms with Crippen LogP contribution in [-0.4, -0.2) is 48.7 Å². The van der Waals surface area contributed by atoms with Crippen molar-refractivity contribution < 1.29 is 9.90 Å². The highest BCUT2D eigenvalue weighted by molar-refractivity contribution is 5.94. The van der Waals surface area contributed by atoms with E-state index in [1.165, 1.54) is 0 Å². The molecule has 0 aromatic heterocycles. The van der Waals surface area contributed by atoms with Crippen molar-refractivity contribution in [1.29, 1.82) is 0 Å². The summed E-state index contributed by atoms with van der Waals surface area (Å²) in [5.41, 5.74) is 1.92. The number of rotatable bonds is 6. The Hall–Kier alpha value is -1.55. The lowest BCUT2D eigenvalue weighted by Crippen LogP contribution is -2.29. The Morgan fingerprint density at radius 1 is 1.29 bits per heavy atom. The molecule has 1 aromatic carbocycles. The number of aliphatic hydroxyl groups is 1. The highest BCUT2D eigenvalue weighted by Crippen LogP contribution is 2.22. The molecule has 1 amide bonds. The fraction of sp³-hybridized carbons (Fsp3) is 0.588. The number of anilines is 1. The van der Waals surface area contributed by atoms with Crippen LogP contribution in [0.2, 0.25) is 0 Å². The zero-order valence-corrected chi connectivity index (χ0v) is 13.1. The molecule has 1 unspecified atom stereocenters. The number of carbonyl (C=O) groups is 1. The number of hydrogen-bond donors (Lipinski definition) is 1. The number of likely N-dealkylation sites (tertiary alicyclic amines) is 1. The Morgan fingerprint density at radius 2 is 1.95 bits per heavy atom. The second kappa shape index (κ2) is 7.46. The molecule has 0 aliphatic carbocycles. The van der Waals surface area contributed by atoms with E-state index >= 15 is 0 Å². The first-order chi connectivity index (χ1) is 10.2. The Balaban J connectivity index is 2.00. The van der Waals surface area contributed by atoms with E-state index < -0.39 is 0 Å². The summed E-state index contributed by atoms with van der Waals surface area (Å²) < 4.78 is 0. The molecule has 1 fully saturated rings. The molecule has 0 bridgehead atoms. The summed E-state index contributed by atoms with van der Waals surface area (Å²) in [7, 11) is 0. The molecule has 0 spiro atoms. The van der Waals surface area contributed by atoms with E-state index in [1.807, 2.05) is 29.2 Å². The molecule has 1 N–H and O–H groups in total. The quantitative estimate of drug-likeness (QED) is 0.875. The zero-order chi connectivity index (χ0) is 15.2. The third-order valence-corrected chi connectivity index (χ3v) is 4.35. The van der Waals surface area contributed by atoms with Crippen LogP contribution in [0.15, 0.2) is 24.3 Å². The number of benzene rings is 1. The van der Waals surface area contributed by atoms with Crippen LogP contribution in [0.4, 0.5) is 5.69 Å². The number of nitrogens with zero attached hydrogens (tertiary/aromatic N) is 2. The molecule has 1 aromatic rings. The van der Waals surface area contributed by atoms with Crippen molar-refractivity contribution in [1.82, 2.24) is 4.90 Å². The van der Waals surface area contributed by atoms with Gasteiger partial charge >= 0.3 is 0 Å². The van der Waals surface area contributed by atoms with Gasteiger partial charge in [-0.1, -0.05) is 0 Å².